The molecule has 2 unspecified atom stereocenters. The van der Waals surface area contributed by atoms with E-state index in [1.54, 1.807) is 30.9 Å². The standard InChI is InChI=1S/C21H22FNO3/c1-21(2,15-8-10-16(22)11-9-15)20(26)23-12-17(18(13-23)19(24)25)14-6-4-3-5-7-14/h3-11,17-18H,12-13H2,1-2H3,(H,24,25). The number of carbonyl (C=O) groups is 2. The summed E-state index contributed by atoms with van der Waals surface area (Å²) in [5, 5.41) is 9.62. The van der Waals surface area contributed by atoms with E-state index in [0.29, 0.717) is 12.1 Å². The minimum atomic E-state index is -0.895. The molecular formula is C21H22FNO3. The zero-order chi connectivity index (χ0) is 18.9. The number of carboxylic acid groups (broad SMARTS) is 1. The lowest BCUT2D eigenvalue weighted by molar-refractivity contribution is -0.142. The SMILES string of the molecule is CC(C)(C(=O)N1CC(C(=O)O)C(c2ccccc2)C1)c1ccc(F)cc1. The lowest BCUT2D eigenvalue weighted by Crippen LogP contribution is -2.42. The predicted octanol–water partition coefficient (Wildman–Crippen LogP) is 3.43. The Morgan fingerprint density at radius 3 is 2.23 bits per heavy atom. The topological polar surface area (TPSA) is 57.6 Å². The van der Waals surface area contributed by atoms with Gasteiger partial charge in [-0.2, -0.15) is 0 Å². The number of aliphatic carboxylic acids is 1. The highest BCUT2D eigenvalue weighted by molar-refractivity contribution is 5.88. The third-order valence-corrected chi connectivity index (χ3v) is 5.25. The summed E-state index contributed by atoms with van der Waals surface area (Å²) in [6.45, 7) is 4.12. The maximum Gasteiger partial charge on any atom is 0.308 e. The van der Waals surface area contributed by atoms with Crippen LogP contribution in [0.25, 0.3) is 0 Å². The van der Waals surface area contributed by atoms with Crippen LogP contribution in [0.3, 0.4) is 0 Å². The molecule has 1 aliphatic rings. The van der Waals surface area contributed by atoms with Crippen molar-refractivity contribution in [3.8, 4) is 0 Å². The summed E-state index contributed by atoms with van der Waals surface area (Å²) in [6, 6.07) is 15.3. The highest BCUT2D eigenvalue weighted by atomic mass is 19.1. The number of nitrogens with zero attached hydrogens (tertiary/aromatic N) is 1. The van der Waals surface area contributed by atoms with Crippen LogP contribution in [0.1, 0.15) is 30.9 Å². The van der Waals surface area contributed by atoms with Gasteiger partial charge in [0.25, 0.3) is 0 Å². The van der Waals surface area contributed by atoms with Crippen LogP contribution in [-0.2, 0) is 15.0 Å². The predicted molar refractivity (Wildman–Crippen MR) is 96.3 cm³/mol. The quantitative estimate of drug-likeness (QED) is 0.914. The lowest BCUT2D eigenvalue weighted by Gasteiger charge is -2.30. The summed E-state index contributed by atoms with van der Waals surface area (Å²) in [7, 11) is 0. The number of halogens is 1. The molecule has 136 valence electrons. The Morgan fingerprint density at radius 2 is 1.65 bits per heavy atom. The number of rotatable bonds is 4. The van der Waals surface area contributed by atoms with E-state index in [1.165, 1.54) is 12.1 Å². The first-order chi connectivity index (χ1) is 12.3. The maximum absolute atomic E-state index is 13.2. The average Bonchev–Trinajstić information content (AvgIpc) is 3.07. The molecule has 0 bridgehead atoms. The van der Waals surface area contributed by atoms with Crippen molar-refractivity contribution in [3.63, 3.8) is 0 Å². The van der Waals surface area contributed by atoms with Crippen LogP contribution < -0.4 is 0 Å². The van der Waals surface area contributed by atoms with Crippen molar-refractivity contribution < 1.29 is 19.1 Å². The van der Waals surface area contributed by atoms with E-state index in [4.69, 9.17) is 0 Å². The first kappa shape index (κ1) is 18.1. The normalized spacial score (nSPS) is 20.2. The third kappa shape index (κ3) is 3.34. The molecule has 5 heteroatoms. The van der Waals surface area contributed by atoms with Crippen molar-refractivity contribution in [2.45, 2.75) is 25.2 Å². The second-order valence-electron chi connectivity index (χ2n) is 7.30. The van der Waals surface area contributed by atoms with Gasteiger partial charge in [-0.05, 0) is 37.1 Å². The van der Waals surface area contributed by atoms with Crippen molar-refractivity contribution in [1.82, 2.24) is 4.90 Å². The molecule has 3 rings (SSSR count). The summed E-state index contributed by atoms with van der Waals surface area (Å²) in [6.07, 6.45) is 0. The molecule has 1 amide bonds. The molecule has 4 nitrogen and oxygen atoms in total. The smallest absolute Gasteiger partial charge is 0.308 e. The lowest BCUT2D eigenvalue weighted by atomic mass is 9.83. The van der Waals surface area contributed by atoms with Crippen LogP contribution in [0.2, 0.25) is 0 Å². The number of benzene rings is 2. The van der Waals surface area contributed by atoms with E-state index < -0.39 is 17.3 Å². The number of amides is 1. The van der Waals surface area contributed by atoms with Crippen LogP contribution in [0.15, 0.2) is 54.6 Å². The zero-order valence-corrected chi connectivity index (χ0v) is 14.9. The van der Waals surface area contributed by atoms with E-state index >= 15 is 0 Å². The Bertz CT molecular complexity index is 802. The Hall–Kier alpha value is -2.69. The van der Waals surface area contributed by atoms with Gasteiger partial charge in [-0.25, -0.2) is 4.39 Å². The average molecular weight is 355 g/mol. The van der Waals surface area contributed by atoms with Crippen molar-refractivity contribution in [1.29, 1.82) is 0 Å². The summed E-state index contributed by atoms with van der Waals surface area (Å²) in [4.78, 5) is 26.5. The van der Waals surface area contributed by atoms with Crippen LogP contribution in [0.4, 0.5) is 4.39 Å². The van der Waals surface area contributed by atoms with Gasteiger partial charge in [-0.3, -0.25) is 9.59 Å². The van der Waals surface area contributed by atoms with E-state index in [-0.39, 0.29) is 24.2 Å². The zero-order valence-electron chi connectivity index (χ0n) is 14.9. The monoisotopic (exact) mass is 355 g/mol. The first-order valence-corrected chi connectivity index (χ1v) is 8.64. The van der Waals surface area contributed by atoms with E-state index in [9.17, 15) is 19.1 Å². The van der Waals surface area contributed by atoms with Gasteiger partial charge in [-0.15, -0.1) is 0 Å². The molecule has 1 aliphatic heterocycles. The van der Waals surface area contributed by atoms with Gasteiger partial charge in [0.1, 0.15) is 5.82 Å². The van der Waals surface area contributed by atoms with Gasteiger partial charge in [0, 0.05) is 19.0 Å². The summed E-state index contributed by atoms with van der Waals surface area (Å²) in [5.41, 5.74) is 0.774. The van der Waals surface area contributed by atoms with Crippen LogP contribution in [0, 0.1) is 11.7 Å². The number of carbonyl (C=O) groups excluding carboxylic acids is 1. The van der Waals surface area contributed by atoms with Crippen LogP contribution in [-0.4, -0.2) is 35.0 Å². The van der Waals surface area contributed by atoms with Crippen LogP contribution >= 0.6 is 0 Å². The maximum atomic E-state index is 13.2. The summed E-state index contributed by atoms with van der Waals surface area (Å²) < 4.78 is 13.2. The highest BCUT2D eigenvalue weighted by Crippen LogP contribution is 2.36. The minimum absolute atomic E-state index is 0.145. The first-order valence-electron chi connectivity index (χ1n) is 8.64. The molecule has 2 aromatic rings. The molecule has 2 atom stereocenters. The number of carboxylic acids is 1. The Labute approximate surface area is 152 Å². The molecule has 2 aromatic carbocycles. The van der Waals surface area contributed by atoms with Gasteiger partial charge in [0.15, 0.2) is 0 Å². The summed E-state index contributed by atoms with van der Waals surface area (Å²) in [5.74, 6) is -2.26. The number of hydrogen-bond donors (Lipinski definition) is 1. The van der Waals surface area contributed by atoms with Crippen molar-refractivity contribution in [2.75, 3.05) is 13.1 Å². The number of likely N-dealkylation sites (tertiary alicyclic amines) is 1. The fraction of sp³-hybridized carbons (Fsp3) is 0.333. The largest absolute Gasteiger partial charge is 0.481 e. The Kier molecular flexibility index (Phi) is 4.81. The molecule has 1 saturated heterocycles. The molecule has 1 heterocycles. The molecular weight excluding hydrogens is 333 g/mol. The third-order valence-electron chi connectivity index (χ3n) is 5.25. The molecule has 0 radical (unpaired) electrons. The molecule has 0 aliphatic carbocycles. The van der Waals surface area contributed by atoms with E-state index in [2.05, 4.69) is 0 Å². The van der Waals surface area contributed by atoms with Crippen molar-refractivity contribution in [3.05, 3.63) is 71.5 Å². The Balaban J connectivity index is 1.86. The second kappa shape index (κ2) is 6.90. The number of hydrogen-bond acceptors (Lipinski definition) is 2. The molecule has 0 saturated carbocycles. The van der Waals surface area contributed by atoms with Gasteiger partial charge in [-0.1, -0.05) is 42.5 Å². The van der Waals surface area contributed by atoms with E-state index in [1.807, 2.05) is 30.3 Å². The Morgan fingerprint density at radius 1 is 1.04 bits per heavy atom. The highest BCUT2D eigenvalue weighted by Gasteiger charge is 2.44. The summed E-state index contributed by atoms with van der Waals surface area (Å²) >= 11 is 0. The molecule has 1 N–H and O–H groups in total. The van der Waals surface area contributed by atoms with Crippen molar-refractivity contribution >= 4 is 11.9 Å². The van der Waals surface area contributed by atoms with Gasteiger partial charge >= 0.3 is 5.97 Å². The molecule has 0 aromatic heterocycles. The van der Waals surface area contributed by atoms with Crippen LogP contribution in [0.5, 0.6) is 0 Å². The van der Waals surface area contributed by atoms with E-state index in [0.717, 1.165) is 5.56 Å². The molecule has 0 spiro atoms. The molecule has 26 heavy (non-hydrogen) atoms. The van der Waals surface area contributed by atoms with Gasteiger partial charge in [0.05, 0.1) is 11.3 Å². The fourth-order valence-electron chi connectivity index (χ4n) is 3.64. The van der Waals surface area contributed by atoms with Gasteiger partial charge in [0.2, 0.25) is 5.91 Å². The fourth-order valence-corrected chi connectivity index (χ4v) is 3.64. The minimum Gasteiger partial charge on any atom is -0.481 e. The molecule has 1 fully saturated rings. The van der Waals surface area contributed by atoms with Crippen molar-refractivity contribution in [2.24, 2.45) is 5.92 Å². The van der Waals surface area contributed by atoms with Gasteiger partial charge < -0.3 is 10.0 Å². The second-order valence-corrected chi connectivity index (χ2v) is 7.30.